The highest BCUT2D eigenvalue weighted by Gasteiger charge is 2.24. The number of carbonyl (C=O) groups excluding carboxylic acids is 1. The highest BCUT2D eigenvalue weighted by atomic mass is 35.5. The Labute approximate surface area is 191 Å². The van der Waals surface area contributed by atoms with Crippen molar-refractivity contribution in [1.82, 2.24) is 20.4 Å². The number of carbonyl (C=O) groups is 1. The number of nitrogens with zero attached hydrogens (tertiary/aromatic N) is 3. The number of aliphatic hydroxyl groups excluding tert-OH is 1. The summed E-state index contributed by atoms with van der Waals surface area (Å²) in [6.07, 6.45) is 1.47. The number of aromatic amines is 1. The summed E-state index contributed by atoms with van der Waals surface area (Å²) in [5.74, 6) is -0.555. The van der Waals surface area contributed by atoms with E-state index in [1.807, 2.05) is 0 Å². The second kappa shape index (κ2) is 9.27. The van der Waals surface area contributed by atoms with Crippen molar-refractivity contribution >= 4 is 45.9 Å². The zero-order valence-corrected chi connectivity index (χ0v) is 17.8. The van der Waals surface area contributed by atoms with Crippen LogP contribution in [0.2, 0.25) is 10.0 Å². The van der Waals surface area contributed by atoms with E-state index in [2.05, 4.69) is 25.5 Å². The molecular formula is C22H15Cl2N5O3. The van der Waals surface area contributed by atoms with Crippen molar-refractivity contribution in [2.45, 2.75) is 6.10 Å². The van der Waals surface area contributed by atoms with E-state index in [1.54, 1.807) is 42.5 Å². The van der Waals surface area contributed by atoms with Crippen molar-refractivity contribution in [1.29, 1.82) is 0 Å². The minimum Gasteiger partial charge on any atom is -0.382 e. The van der Waals surface area contributed by atoms with Gasteiger partial charge in [0.15, 0.2) is 5.69 Å². The smallest absolute Gasteiger partial charge is 0.276 e. The number of fused-ring (bicyclic) bond motifs is 1. The molecular weight excluding hydrogens is 453 g/mol. The summed E-state index contributed by atoms with van der Waals surface area (Å²) in [6, 6.07) is 14.3. The Hall–Kier alpha value is -3.59. The van der Waals surface area contributed by atoms with Crippen molar-refractivity contribution in [3.63, 3.8) is 0 Å². The lowest BCUT2D eigenvalue weighted by Crippen LogP contribution is -2.29. The number of aliphatic hydroxyl groups is 1. The standard InChI is InChI=1S/C22H15Cl2N5O3/c23-13-5-6-16-17(11-13)27-22(32)19(26-16)18(20(30)14-3-1-2-4-15(14)24)28-29-21(31)12-7-9-25-10-8-12/h1-11,20,30H,(H,27,32)(H,29,31)/b28-18-/t20-/m0/s1. The van der Waals surface area contributed by atoms with Crippen LogP contribution < -0.4 is 11.0 Å². The molecule has 2 aromatic heterocycles. The molecule has 8 nitrogen and oxygen atoms in total. The fourth-order valence-corrected chi connectivity index (χ4v) is 3.41. The lowest BCUT2D eigenvalue weighted by Gasteiger charge is -2.15. The molecule has 0 radical (unpaired) electrons. The van der Waals surface area contributed by atoms with Crippen LogP contribution in [0, 0.1) is 0 Å². The number of H-pyrrole nitrogens is 1. The fourth-order valence-electron chi connectivity index (χ4n) is 3.00. The average molecular weight is 468 g/mol. The average Bonchev–Trinajstić information content (AvgIpc) is 2.80. The number of rotatable bonds is 5. The van der Waals surface area contributed by atoms with E-state index in [0.717, 1.165) is 0 Å². The molecule has 160 valence electrons. The summed E-state index contributed by atoms with van der Waals surface area (Å²) in [5.41, 5.74) is 2.80. The van der Waals surface area contributed by atoms with Gasteiger partial charge in [-0.15, -0.1) is 0 Å². The molecule has 0 bridgehead atoms. The molecule has 1 amide bonds. The Morgan fingerprint density at radius 3 is 2.59 bits per heavy atom. The molecule has 0 unspecified atom stereocenters. The molecule has 1 atom stereocenters. The number of amides is 1. The second-order valence-electron chi connectivity index (χ2n) is 6.67. The van der Waals surface area contributed by atoms with Crippen LogP contribution >= 0.6 is 23.2 Å². The Kier molecular flexibility index (Phi) is 6.27. The topological polar surface area (TPSA) is 120 Å². The molecule has 0 aliphatic heterocycles. The summed E-state index contributed by atoms with van der Waals surface area (Å²) < 4.78 is 0. The molecule has 0 fully saturated rings. The Morgan fingerprint density at radius 2 is 1.84 bits per heavy atom. The zero-order valence-electron chi connectivity index (χ0n) is 16.3. The van der Waals surface area contributed by atoms with Crippen LogP contribution in [0.3, 0.4) is 0 Å². The number of benzene rings is 2. The summed E-state index contributed by atoms with van der Waals surface area (Å²) in [6.45, 7) is 0. The molecule has 4 rings (SSSR count). The molecule has 2 heterocycles. The van der Waals surface area contributed by atoms with Gasteiger partial charge in [0.2, 0.25) is 0 Å². The molecule has 2 aromatic carbocycles. The molecule has 0 saturated heterocycles. The maximum Gasteiger partial charge on any atom is 0.276 e. The molecule has 3 N–H and O–H groups in total. The van der Waals surface area contributed by atoms with E-state index >= 15 is 0 Å². The minimum absolute atomic E-state index is 0.178. The van der Waals surface area contributed by atoms with Gasteiger partial charge < -0.3 is 10.1 Å². The maximum atomic E-state index is 12.8. The van der Waals surface area contributed by atoms with Gasteiger partial charge in [-0.25, -0.2) is 10.4 Å². The Bertz CT molecular complexity index is 1390. The number of hydrogen-bond acceptors (Lipinski definition) is 6. The van der Waals surface area contributed by atoms with Crippen LogP contribution in [0.4, 0.5) is 0 Å². The summed E-state index contributed by atoms with van der Waals surface area (Å²) in [5, 5.41) is 15.8. The predicted molar refractivity (Wildman–Crippen MR) is 122 cm³/mol. The van der Waals surface area contributed by atoms with Crippen LogP contribution in [0.15, 0.2) is 76.9 Å². The highest BCUT2D eigenvalue weighted by molar-refractivity contribution is 6.32. The largest absolute Gasteiger partial charge is 0.382 e. The number of pyridine rings is 1. The van der Waals surface area contributed by atoms with Gasteiger partial charge in [0, 0.05) is 33.6 Å². The minimum atomic E-state index is -1.44. The van der Waals surface area contributed by atoms with E-state index in [4.69, 9.17) is 23.2 Å². The Morgan fingerprint density at radius 1 is 1.09 bits per heavy atom. The lowest BCUT2D eigenvalue weighted by molar-refractivity contribution is 0.0954. The Balaban J connectivity index is 1.82. The lowest BCUT2D eigenvalue weighted by atomic mass is 10.0. The van der Waals surface area contributed by atoms with Gasteiger partial charge >= 0.3 is 0 Å². The molecule has 0 aliphatic carbocycles. The first-order valence-corrected chi connectivity index (χ1v) is 10.1. The molecule has 10 heteroatoms. The van der Waals surface area contributed by atoms with E-state index in [1.165, 1.54) is 24.5 Å². The van der Waals surface area contributed by atoms with Gasteiger partial charge in [0.1, 0.15) is 11.8 Å². The van der Waals surface area contributed by atoms with E-state index < -0.39 is 17.6 Å². The summed E-state index contributed by atoms with van der Waals surface area (Å²) >= 11 is 12.2. The van der Waals surface area contributed by atoms with E-state index in [-0.39, 0.29) is 16.4 Å². The van der Waals surface area contributed by atoms with Gasteiger partial charge in [-0.05, 0) is 36.4 Å². The van der Waals surface area contributed by atoms with Crippen LogP contribution in [0.25, 0.3) is 11.0 Å². The fraction of sp³-hybridized carbons (Fsp3) is 0.0455. The first-order valence-electron chi connectivity index (χ1n) is 9.34. The van der Waals surface area contributed by atoms with Crippen molar-refractivity contribution in [3.8, 4) is 0 Å². The normalized spacial score (nSPS) is 12.5. The van der Waals surface area contributed by atoms with Gasteiger partial charge in [0.25, 0.3) is 11.5 Å². The first-order chi connectivity index (χ1) is 15.4. The summed E-state index contributed by atoms with van der Waals surface area (Å²) in [7, 11) is 0. The number of hydrogen-bond donors (Lipinski definition) is 3. The predicted octanol–water partition coefficient (Wildman–Crippen LogP) is 3.49. The molecule has 4 aromatic rings. The van der Waals surface area contributed by atoms with Crippen molar-refractivity contribution < 1.29 is 9.90 Å². The first kappa shape index (κ1) is 21.6. The van der Waals surface area contributed by atoms with Crippen molar-refractivity contribution in [3.05, 3.63) is 104 Å². The molecule has 0 aliphatic rings. The second-order valence-corrected chi connectivity index (χ2v) is 7.52. The molecule has 0 spiro atoms. The molecule has 32 heavy (non-hydrogen) atoms. The van der Waals surface area contributed by atoms with Crippen molar-refractivity contribution in [2.75, 3.05) is 0 Å². The number of nitrogens with one attached hydrogen (secondary N) is 2. The number of aromatic nitrogens is 3. The van der Waals surface area contributed by atoms with Gasteiger partial charge in [-0.3, -0.25) is 14.6 Å². The quantitative estimate of drug-likeness (QED) is 0.306. The van der Waals surface area contributed by atoms with Crippen molar-refractivity contribution in [2.24, 2.45) is 5.10 Å². The van der Waals surface area contributed by atoms with Gasteiger partial charge in [-0.1, -0.05) is 41.4 Å². The SMILES string of the molecule is O=C(N/N=C(/c1nc2ccc(Cl)cc2[nH]c1=O)[C@@H](O)c1ccccc1Cl)c1ccncc1. The van der Waals surface area contributed by atoms with Crippen LogP contribution in [0.1, 0.15) is 27.7 Å². The van der Waals surface area contributed by atoms with Gasteiger partial charge in [-0.2, -0.15) is 5.10 Å². The van der Waals surface area contributed by atoms with Crippen LogP contribution in [-0.4, -0.2) is 31.7 Å². The maximum absolute atomic E-state index is 12.8. The molecule has 0 saturated carbocycles. The zero-order chi connectivity index (χ0) is 22.7. The van der Waals surface area contributed by atoms with Crippen LogP contribution in [0.5, 0.6) is 0 Å². The third kappa shape index (κ3) is 4.52. The monoisotopic (exact) mass is 467 g/mol. The number of hydrazone groups is 1. The number of halogens is 2. The summed E-state index contributed by atoms with van der Waals surface area (Å²) in [4.78, 5) is 36.2. The highest BCUT2D eigenvalue weighted by Crippen LogP contribution is 2.25. The van der Waals surface area contributed by atoms with E-state index in [0.29, 0.717) is 27.2 Å². The third-order valence-corrected chi connectivity index (χ3v) is 5.16. The van der Waals surface area contributed by atoms with E-state index in [9.17, 15) is 14.7 Å². The van der Waals surface area contributed by atoms with Gasteiger partial charge in [0.05, 0.1) is 11.0 Å². The van der Waals surface area contributed by atoms with Crippen LogP contribution in [-0.2, 0) is 0 Å². The third-order valence-electron chi connectivity index (χ3n) is 4.58.